The molecule has 21 heavy (non-hydrogen) atoms. The molecule has 6 nitrogen and oxygen atoms in total. The van der Waals surface area contributed by atoms with Gasteiger partial charge in [-0.3, -0.25) is 10.1 Å². The molecule has 0 unspecified atom stereocenters. The standard InChI is InChI=1S/C12H16N4O2S3/c1-3-4-5-19-11-14-15-12(21-11)20-7-9(17)13-10-6-8(2)16-18-10/h6H,3-5,7H2,1-2H3,(H,13,17). The summed E-state index contributed by atoms with van der Waals surface area (Å²) in [5.41, 5.74) is 0.732. The number of anilines is 1. The van der Waals surface area contributed by atoms with Gasteiger partial charge >= 0.3 is 0 Å². The molecule has 0 aliphatic carbocycles. The van der Waals surface area contributed by atoms with Crippen LogP contribution in [-0.4, -0.2) is 32.8 Å². The third kappa shape index (κ3) is 5.68. The predicted molar refractivity (Wildman–Crippen MR) is 86.1 cm³/mol. The number of aryl methyl sites for hydroxylation is 1. The molecule has 0 aliphatic heterocycles. The van der Waals surface area contributed by atoms with Gasteiger partial charge in [0.15, 0.2) is 8.68 Å². The Labute approximate surface area is 135 Å². The first-order chi connectivity index (χ1) is 10.2. The van der Waals surface area contributed by atoms with Crippen LogP contribution in [0.1, 0.15) is 25.5 Å². The average Bonchev–Trinajstić information content (AvgIpc) is 3.06. The van der Waals surface area contributed by atoms with E-state index < -0.39 is 0 Å². The zero-order valence-electron chi connectivity index (χ0n) is 11.8. The van der Waals surface area contributed by atoms with Crippen LogP contribution in [0.15, 0.2) is 19.3 Å². The lowest BCUT2D eigenvalue weighted by atomic mass is 10.4. The van der Waals surface area contributed by atoms with Crippen LogP contribution >= 0.6 is 34.9 Å². The third-order valence-electron chi connectivity index (χ3n) is 2.33. The van der Waals surface area contributed by atoms with Crippen LogP contribution in [0.2, 0.25) is 0 Å². The lowest BCUT2D eigenvalue weighted by molar-refractivity contribution is -0.113. The molecule has 1 N–H and O–H groups in total. The fourth-order valence-electron chi connectivity index (χ4n) is 1.34. The summed E-state index contributed by atoms with van der Waals surface area (Å²) in [5, 5.41) is 14.5. The van der Waals surface area contributed by atoms with E-state index in [-0.39, 0.29) is 11.7 Å². The number of thioether (sulfide) groups is 2. The molecule has 0 atom stereocenters. The minimum absolute atomic E-state index is 0.147. The van der Waals surface area contributed by atoms with Crippen molar-refractivity contribution in [2.45, 2.75) is 35.4 Å². The average molecular weight is 344 g/mol. The molecule has 0 radical (unpaired) electrons. The molecule has 0 spiro atoms. The van der Waals surface area contributed by atoms with Gasteiger partial charge < -0.3 is 4.52 Å². The monoisotopic (exact) mass is 344 g/mol. The molecule has 2 aromatic rings. The van der Waals surface area contributed by atoms with Crippen molar-refractivity contribution >= 4 is 46.7 Å². The fraction of sp³-hybridized carbons (Fsp3) is 0.500. The van der Waals surface area contributed by atoms with Gasteiger partial charge in [-0.2, -0.15) is 0 Å². The molecule has 1 amide bonds. The Morgan fingerprint density at radius 3 is 2.81 bits per heavy atom. The lowest BCUT2D eigenvalue weighted by Crippen LogP contribution is -2.13. The first kappa shape index (κ1) is 16.3. The molecule has 0 fully saturated rings. The summed E-state index contributed by atoms with van der Waals surface area (Å²) in [4.78, 5) is 11.7. The van der Waals surface area contributed by atoms with Crippen molar-refractivity contribution in [2.24, 2.45) is 0 Å². The molecule has 2 heterocycles. The van der Waals surface area contributed by atoms with Crippen LogP contribution in [-0.2, 0) is 4.79 Å². The number of nitrogens with one attached hydrogen (secondary N) is 1. The predicted octanol–water partition coefficient (Wildman–Crippen LogP) is 3.46. The van der Waals surface area contributed by atoms with Crippen LogP contribution < -0.4 is 5.32 Å². The van der Waals surface area contributed by atoms with E-state index in [0.717, 1.165) is 20.1 Å². The second kappa shape index (κ2) is 8.40. The van der Waals surface area contributed by atoms with Crippen LogP contribution in [0.25, 0.3) is 0 Å². The van der Waals surface area contributed by atoms with Crippen molar-refractivity contribution in [1.82, 2.24) is 15.4 Å². The number of amides is 1. The maximum Gasteiger partial charge on any atom is 0.237 e. The number of carbonyl (C=O) groups is 1. The molecular weight excluding hydrogens is 328 g/mol. The van der Waals surface area contributed by atoms with Gasteiger partial charge in [0.25, 0.3) is 0 Å². The van der Waals surface area contributed by atoms with Crippen molar-refractivity contribution in [3.8, 4) is 0 Å². The highest BCUT2D eigenvalue weighted by Crippen LogP contribution is 2.29. The number of aromatic nitrogens is 3. The number of nitrogens with zero attached hydrogens (tertiary/aromatic N) is 3. The van der Waals surface area contributed by atoms with Gasteiger partial charge in [0.2, 0.25) is 11.8 Å². The summed E-state index contributed by atoms with van der Waals surface area (Å²) < 4.78 is 6.69. The van der Waals surface area contributed by atoms with Crippen LogP contribution in [0.3, 0.4) is 0 Å². The SMILES string of the molecule is CCCCSc1nnc(SCC(=O)Nc2cc(C)no2)s1. The Balaban J connectivity index is 1.73. The van der Waals surface area contributed by atoms with Crippen molar-refractivity contribution < 1.29 is 9.32 Å². The topological polar surface area (TPSA) is 80.9 Å². The highest BCUT2D eigenvalue weighted by atomic mass is 32.2. The minimum Gasteiger partial charge on any atom is -0.338 e. The molecule has 114 valence electrons. The van der Waals surface area contributed by atoms with Gasteiger partial charge in [0.1, 0.15) is 0 Å². The summed E-state index contributed by atoms with van der Waals surface area (Å²) in [5.74, 6) is 1.55. The van der Waals surface area contributed by atoms with Gasteiger partial charge in [-0.1, -0.05) is 53.4 Å². The summed E-state index contributed by atoms with van der Waals surface area (Å²) >= 11 is 4.61. The van der Waals surface area contributed by atoms with E-state index >= 15 is 0 Å². The Bertz CT molecular complexity index is 585. The molecule has 2 rings (SSSR count). The quantitative estimate of drug-likeness (QED) is 0.580. The Morgan fingerprint density at radius 1 is 1.38 bits per heavy atom. The molecule has 0 saturated heterocycles. The maximum atomic E-state index is 11.7. The van der Waals surface area contributed by atoms with Gasteiger partial charge in [0, 0.05) is 11.8 Å². The number of hydrogen-bond acceptors (Lipinski definition) is 8. The molecular formula is C12H16N4O2S3. The van der Waals surface area contributed by atoms with Crippen molar-refractivity contribution in [2.75, 3.05) is 16.8 Å². The van der Waals surface area contributed by atoms with Gasteiger partial charge in [0.05, 0.1) is 11.4 Å². The Hall–Kier alpha value is -1.06. The zero-order valence-corrected chi connectivity index (χ0v) is 14.2. The van der Waals surface area contributed by atoms with Crippen LogP contribution in [0.5, 0.6) is 0 Å². The largest absolute Gasteiger partial charge is 0.338 e. The number of unbranched alkanes of at least 4 members (excludes halogenated alkanes) is 1. The molecule has 0 aliphatic rings. The summed E-state index contributed by atoms with van der Waals surface area (Å²) in [6.45, 7) is 3.96. The Kier molecular flexibility index (Phi) is 6.52. The highest BCUT2D eigenvalue weighted by molar-refractivity contribution is 8.03. The van der Waals surface area contributed by atoms with E-state index in [1.54, 1.807) is 24.8 Å². The normalized spacial score (nSPS) is 10.8. The van der Waals surface area contributed by atoms with E-state index in [4.69, 9.17) is 4.52 Å². The minimum atomic E-state index is -0.147. The molecule has 0 aromatic carbocycles. The van der Waals surface area contributed by atoms with E-state index in [2.05, 4.69) is 27.6 Å². The smallest absolute Gasteiger partial charge is 0.237 e. The van der Waals surface area contributed by atoms with Gasteiger partial charge in [-0.15, -0.1) is 10.2 Å². The van der Waals surface area contributed by atoms with Crippen LogP contribution in [0.4, 0.5) is 5.88 Å². The number of carbonyl (C=O) groups excluding carboxylic acids is 1. The molecule has 2 aromatic heterocycles. The van der Waals surface area contributed by atoms with Gasteiger partial charge in [-0.05, 0) is 13.3 Å². The Morgan fingerprint density at radius 2 is 2.14 bits per heavy atom. The lowest BCUT2D eigenvalue weighted by Gasteiger charge is -1.98. The summed E-state index contributed by atoms with van der Waals surface area (Å²) in [7, 11) is 0. The van der Waals surface area contributed by atoms with Crippen molar-refractivity contribution in [3.63, 3.8) is 0 Å². The van der Waals surface area contributed by atoms with E-state index in [1.807, 2.05) is 0 Å². The summed E-state index contributed by atoms with van der Waals surface area (Å²) in [6, 6.07) is 1.68. The fourth-order valence-corrected chi connectivity index (χ4v) is 4.32. The highest BCUT2D eigenvalue weighted by Gasteiger charge is 2.10. The number of hydrogen-bond donors (Lipinski definition) is 1. The first-order valence-corrected chi connectivity index (χ1v) is 9.28. The second-order valence-corrected chi connectivity index (χ2v) is 7.75. The molecule has 0 saturated carbocycles. The van der Waals surface area contributed by atoms with Crippen molar-refractivity contribution in [3.05, 3.63) is 11.8 Å². The molecule has 9 heteroatoms. The van der Waals surface area contributed by atoms with Crippen LogP contribution in [0, 0.1) is 6.92 Å². The van der Waals surface area contributed by atoms with E-state index in [9.17, 15) is 4.79 Å². The third-order valence-corrected chi connectivity index (χ3v) is 5.60. The number of rotatable bonds is 8. The zero-order chi connectivity index (χ0) is 15.1. The van der Waals surface area contributed by atoms with E-state index in [1.165, 1.54) is 35.9 Å². The van der Waals surface area contributed by atoms with Crippen molar-refractivity contribution in [1.29, 1.82) is 0 Å². The van der Waals surface area contributed by atoms with Gasteiger partial charge in [-0.25, -0.2) is 0 Å². The second-order valence-electron chi connectivity index (χ2n) is 4.21. The van der Waals surface area contributed by atoms with E-state index in [0.29, 0.717) is 5.88 Å². The summed E-state index contributed by atoms with van der Waals surface area (Å²) in [6.07, 6.45) is 2.35. The maximum absolute atomic E-state index is 11.7. The molecule has 0 bridgehead atoms. The first-order valence-electron chi connectivity index (χ1n) is 6.49.